The molecule has 4 nitrogen and oxygen atoms in total. The first-order valence-corrected chi connectivity index (χ1v) is 8.18. The van der Waals surface area contributed by atoms with Crippen molar-refractivity contribution in [3.8, 4) is 0 Å². The van der Waals surface area contributed by atoms with Gasteiger partial charge in [0.2, 0.25) is 5.91 Å². The van der Waals surface area contributed by atoms with Crippen molar-refractivity contribution >= 4 is 28.7 Å². The SMILES string of the molecule is O=C(CSc1ccccc1)NCCc1nc2ccccc2[nH]1. The molecule has 112 valence electrons. The van der Waals surface area contributed by atoms with Crippen LogP contribution in [-0.4, -0.2) is 28.2 Å². The number of nitrogens with one attached hydrogen (secondary N) is 2. The van der Waals surface area contributed by atoms with E-state index >= 15 is 0 Å². The van der Waals surface area contributed by atoms with Gasteiger partial charge in [0.25, 0.3) is 0 Å². The number of fused-ring (bicyclic) bond motifs is 1. The van der Waals surface area contributed by atoms with Crippen LogP contribution in [0, 0.1) is 0 Å². The molecule has 0 saturated heterocycles. The standard InChI is InChI=1S/C17H17N3OS/c21-17(12-22-13-6-2-1-3-7-13)18-11-10-16-19-14-8-4-5-9-15(14)20-16/h1-9H,10-12H2,(H,18,21)(H,19,20). The molecule has 0 bridgehead atoms. The summed E-state index contributed by atoms with van der Waals surface area (Å²) in [5.74, 6) is 1.38. The van der Waals surface area contributed by atoms with Crippen LogP contribution in [0.3, 0.4) is 0 Å². The number of hydrogen-bond acceptors (Lipinski definition) is 3. The highest BCUT2D eigenvalue weighted by Gasteiger charge is 2.04. The lowest BCUT2D eigenvalue weighted by Crippen LogP contribution is -2.27. The molecular weight excluding hydrogens is 294 g/mol. The topological polar surface area (TPSA) is 57.8 Å². The van der Waals surface area contributed by atoms with Gasteiger partial charge in [0.05, 0.1) is 16.8 Å². The van der Waals surface area contributed by atoms with E-state index in [0.29, 0.717) is 18.7 Å². The number of para-hydroxylation sites is 2. The Hall–Kier alpha value is -2.27. The lowest BCUT2D eigenvalue weighted by molar-refractivity contribution is -0.118. The maximum atomic E-state index is 11.8. The number of nitrogens with zero attached hydrogens (tertiary/aromatic N) is 1. The maximum absolute atomic E-state index is 11.8. The Kier molecular flexibility index (Phi) is 4.75. The van der Waals surface area contributed by atoms with Gasteiger partial charge in [-0.05, 0) is 24.3 Å². The third-order valence-corrected chi connectivity index (χ3v) is 4.25. The molecule has 0 aliphatic carbocycles. The van der Waals surface area contributed by atoms with Gasteiger partial charge in [-0.25, -0.2) is 4.98 Å². The number of H-pyrrole nitrogens is 1. The third-order valence-electron chi connectivity index (χ3n) is 3.24. The first-order valence-electron chi connectivity index (χ1n) is 7.19. The smallest absolute Gasteiger partial charge is 0.230 e. The molecule has 1 amide bonds. The van der Waals surface area contributed by atoms with Crippen LogP contribution in [-0.2, 0) is 11.2 Å². The summed E-state index contributed by atoms with van der Waals surface area (Å²) in [5, 5.41) is 2.93. The molecule has 2 N–H and O–H groups in total. The van der Waals surface area contributed by atoms with Gasteiger partial charge in [-0.3, -0.25) is 4.79 Å². The Balaban J connectivity index is 1.43. The van der Waals surface area contributed by atoms with E-state index in [0.717, 1.165) is 21.8 Å². The number of carbonyl (C=O) groups excluding carboxylic acids is 1. The summed E-state index contributed by atoms with van der Waals surface area (Å²) in [5.41, 5.74) is 1.99. The number of hydrogen-bond donors (Lipinski definition) is 2. The van der Waals surface area contributed by atoms with Crippen LogP contribution in [0.1, 0.15) is 5.82 Å². The minimum absolute atomic E-state index is 0.0463. The van der Waals surface area contributed by atoms with E-state index in [-0.39, 0.29) is 5.91 Å². The number of carbonyl (C=O) groups is 1. The Morgan fingerprint density at radius 1 is 1.09 bits per heavy atom. The van der Waals surface area contributed by atoms with E-state index in [1.165, 1.54) is 0 Å². The Morgan fingerprint density at radius 3 is 2.68 bits per heavy atom. The molecular formula is C17H17N3OS. The highest BCUT2D eigenvalue weighted by atomic mass is 32.2. The molecule has 1 heterocycles. The molecule has 0 unspecified atom stereocenters. The van der Waals surface area contributed by atoms with Crippen molar-refractivity contribution in [2.45, 2.75) is 11.3 Å². The van der Waals surface area contributed by atoms with Crippen LogP contribution in [0.4, 0.5) is 0 Å². The molecule has 0 aliphatic heterocycles. The Labute approximate surface area is 133 Å². The maximum Gasteiger partial charge on any atom is 0.230 e. The van der Waals surface area contributed by atoms with Gasteiger partial charge in [-0.2, -0.15) is 0 Å². The molecule has 2 aromatic carbocycles. The number of thioether (sulfide) groups is 1. The quantitative estimate of drug-likeness (QED) is 0.688. The fourth-order valence-electron chi connectivity index (χ4n) is 2.16. The number of aromatic amines is 1. The summed E-state index contributed by atoms with van der Waals surface area (Å²) in [4.78, 5) is 20.7. The minimum atomic E-state index is 0.0463. The van der Waals surface area contributed by atoms with Crippen molar-refractivity contribution in [2.75, 3.05) is 12.3 Å². The second kappa shape index (κ2) is 7.13. The zero-order valence-electron chi connectivity index (χ0n) is 12.1. The van der Waals surface area contributed by atoms with Crippen LogP contribution in [0.2, 0.25) is 0 Å². The normalized spacial score (nSPS) is 10.7. The second-order valence-electron chi connectivity index (χ2n) is 4.90. The monoisotopic (exact) mass is 311 g/mol. The summed E-state index contributed by atoms with van der Waals surface area (Å²) in [6.45, 7) is 0.591. The molecule has 0 saturated carbocycles. The molecule has 0 radical (unpaired) electrons. The molecule has 22 heavy (non-hydrogen) atoms. The highest BCUT2D eigenvalue weighted by Crippen LogP contribution is 2.16. The molecule has 3 aromatic rings. The number of amides is 1. The number of benzene rings is 2. The van der Waals surface area contributed by atoms with E-state index in [2.05, 4.69) is 15.3 Å². The van der Waals surface area contributed by atoms with E-state index in [1.807, 2.05) is 54.6 Å². The summed E-state index contributed by atoms with van der Waals surface area (Å²) >= 11 is 1.54. The largest absolute Gasteiger partial charge is 0.355 e. The van der Waals surface area contributed by atoms with Crippen LogP contribution in [0.25, 0.3) is 11.0 Å². The molecule has 3 rings (SSSR count). The Bertz CT molecular complexity index is 722. The molecule has 0 fully saturated rings. The predicted octanol–water partition coefficient (Wildman–Crippen LogP) is 3.01. The molecule has 0 atom stereocenters. The number of rotatable bonds is 6. The fourth-order valence-corrected chi connectivity index (χ4v) is 2.91. The van der Waals surface area contributed by atoms with Gasteiger partial charge in [0.1, 0.15) is 5.82 Å². The number of aromatic nitrogens is 2. The average molecular weight is 311 g/mol. The van der Waals surface area contributed by atoms with Crippen molar-refractivity contribution in [1.82, 2.24) is 15.3 Å². The molecule has 0 spiro atoms. The number of imidazole rings is 1. The summed E-state index contributed by atoms with van der Waals surface area (Å²) < 4.78 is 0. The van der Waals surface area contributed by atoms with Gasteiger partial charge < -0.3 is 10.3 Å². The van der Waals surface area contributed by atoms with Crippen molar-refractivity contribution in [2.24, 2.45) is 0 Å². The third kappa shape index (κ3) is 3.89. The van der Waals surface area contributed by atoms with Gasteiger partial charge in [0.15, 0.2) is 0 Å². The summed E-state index contributed by atoms with van der Waals surface area (Å²) in [6.07, 6.45) is 0.705. The van der Waals surface area contributed by atoms with Gasteiger partial charge in [-0.15, -0.1) is 11.8 Å². The van der Waals surface area contributed by atoms with E-state index in [4.69, 9.17) is 0 Å². The van der Waals surface area contributed by atoms with Crippen molar-refractivity contribution in [3.63, 3.8) is 0 Å². The zero-order chi connectivity index (χ0) is 15.2. The fraction of sp³-hybridized carbons (Fsp3) is 0.176. The van der Waals surface area contributed by atoms with Gasteiger partial charge in [0, 0.05) is 17.9 Å². The van der Waals surface area contributed by atoms with Crippen molar-refractivity contribution < 1.29 is 4.79 Å². The molecule has 0 aliphatic rings. The lowest BCUT2D eigenvalue weighted by Gasteiger charge is -2.04. The van der Waals surface area contributed by atoms with Crippen LogP contribution in [0.5, 0.6) is 0 Å². The van der Waals surface area contributed by atoms with Gasteiger partial charge >= 0.3 is 0 Å². The van der Waals surface area contributed by atoms with Crippen LogP contribution in [0.15, 0.2) is 59.5 Å². The van der Waals surface area contributed by atoms with Gasteiger partial charge in [-0.1, -0.05) is 30.3 Å². The minimum Gasteiger partial charge on any atom is -0.355 e. The first-order chi connectivity index (χ1) is 10.8. The van der Waals surface area contributed by atoms with E-state index in [9.17, 15) is 4.79 Å². The highest BCUT2D eigenvalue weighted by molar-refractivity contribution is 8.00. The van der Waals surface area contributed by atoms with Crippen LogP contribution < -0.4 is 5.32 Å². The van der Waals surface area contributed by atoms with Crippen molar-refractivity contribution in [3.05, 3.63) is 60.4 Å². The first kappa shape index (κ1) is 14.7. The average Bonchev–Trinajstić information content (AvgIpc) is 2.96. The zero-order valence-corrected chi connectivity index (χ0v) is 12.9. The second-order valence-corrected chi connectivity index (χ2v) is 5.95. The molecule has 1 aromatic heterocycles. The van der Waals surface area contributed by atoms with E-state index in [1.54, 1.807) is 11.8 Å². The van der Waals surface area contributed by atoms with Crippen molar-refractivity contribution in [1.29, 1.82) is 0 Å². The lowest BCUT2D eigenvalue weighted by atomic mass is 10.3. The molecule has 5 heteroatoms. The predicted molar refractivity (Wildman–Crippen MR) is 90.0 cm³/mol. The van der Waals surface area contributed by atoms with E-state index < -0.39 is 0 Å². The summed E-state index contributed by atoms with van der Waals surface area (Å²) in [6, 6.07) is 17.9. The summed E-state index contributed by atoms with van der Waals surface area (Å²) in [7, 11) is 0. The van der Waals surface area contributed by atoms with Crippen LogP contribution >= 0.6 is 11.8 Å². The Morgan fingerprint density at radius 2 is 1.86 bits per heavy atom.